The molecule has 0 spiro atoms. The molecule has 24 heavy (non-hydrogen) atoms. The maximum Gasteiger partial charge on any atom is 0.243 e. The van der Waals surface area contributed by atoms with Gasteiger partial charge < -0.3 is 4.74 Å². The molecule has 0 radical (unpaired) electrons. The van der Waals surface area contributed by atoms with Gasteiger partial charge in [-0.25, -0.2) is 8.42 Å². The third-order valence-electron chi connectivity index (χ3n) is 4.82. The van der Waals surface area contributed by atoms with Crippen LogP contribution in [0.25, 0.3) is 0 Å². The summed E-state index contributed by atoms with van der Waals surface area (Å²) in [5.41, 5.74) is 2.66. The van der Waals surface area contributed by atoms with Gasteiger partial charge in [-0.2, -0.15) is 4.31 Å². The van der Waals surface area contributed by atoms with Crippen molar-refractivity contribution in [1.82, 2.24) is 4.31 Å². The summed E-state index contributed by atoms with van der Waals surface area (Å²) in [6, 6.07) is 11.6. The summed E-state index contributed by atoms with van der Waals surface area (Å²) in [6.07, 6.45) is 0.851. The van der Waals surface area contributed by atoms with E-state index in [9.17, 15) is 13.2 Å². The molecule has 1 unspecified atom stereocenters. The van der Waals surface area contributed by atoms with E-state index in [1.54, 1.807) is 30.3 Å². The van der Waals surface area contributed by atoms with E-state index >= 15 is 0 Å². The SMILES string of the molecule is COc1ccc(S(=O)(=O)N2CCc3cccc4c3C2CC4=O)cc1. The summed E-state index contributed by atoms with van der Waals surface area (Å²) in [7, 11) is -2.12. The highest BCUT2D eigenvalue weighted by atomic mass is 32.2. The van der Waals surface area contributed by atoms with Crippen molar-refractivity contribution in [3.05, 3.63) is 59.2 Å². The van der Waals surface area contributed by atoms with Crippen molar-refractivity contribution >= 4 is 15.8 Å². The maximum atomic E-state index is 13.1. The summed E-state index contributed by atoms with van der Waals surface area (Å²) in [5.74, 6) is 0.630. The van der Waals surface area contributed by atoms with Crippen LogP contribution in [0.15, 0.2) is 47.4 Å². The molecular formula is C18H17NO4S. The Bertz CT molecular complexity index is 919. The summed E-state index contributed by atoms with van der Waals surface area (Å²) in [5, 5.41) is 0. The Morgan fingerprint density at radius 1 is 1.12 bits per heavy atom. The van der Waals surface area contributed by atoms with Gasteiger partial charge in [0.15, 0.2) is 5.78 Å². The fourth-order valence-electron chi connectivity index (χ4n) is 3.66. The fraction of sp³-hybridized carbons (Fsp3) is 0.278. The molecule has 2 aromatic carbocycles. The first-order valence-electron chi connectivity index (χ1n) is 7.83. The lowest BCUT2D eigenvalue weighted by atomic mass is 9.95. The number of hydrogen-bond acceptors (Lipinski definition) is 4. The molecule has 4 rings (SSSR count). The smallest absolute Gasteiger partial charge is 0.243 e. The number of rotatable bonds is 3. The number of sulfonamides is 1. The molecule has 0 saturated heterocycles. The van der Waals surface area contributed by atoms with Crippen LogP contribution in [-0.2, 0) is 16.4 Å². The van der Waals surface area contributed by atoms with Gasteiger partial charge in [-0.3, -0.25) is 4.79 Å². The topological polar surface area (TPSA) is 63.7 Å². The molecule has 2 aromatic rings. The highest BCUT2D eigenvalue weighted by molar-refractivity contribution is 7.89. The van der Waals surface area contributed by atoms with E-state index in [1.165, 1.54) is 11.4 Å². The predicted octanol–water partition coefficient (Wildman–Crippen LogP) is 2.57. The van der Waals surface area contributed by atoms with E-state index in [0.717, 1.165) is 11.1 Å². The number of carbonyl (C=O) groups is 1. The predicted molar refractivity (Wildman–Crippen MR) is 88.7 cm³/mol. The second kappa shape index (κ2) is 5.43. The molecule has 1 aliphatic carbocycles. The average molecular weight is 343 g/mol. The van der Waals surface area contributed by atoms with Crippen LogP contribution in [-0.4, -0.2) is 32.2 Å². The van der Waals surface area contributed by atoms with E-state index in [0.29, 0.717) is 24.3 Å². The van der Waals surface area contributed by atoms with Gasteiger partial charge in [-0.1, -0.05) is 18.2 Å². The highest BCUT2D eigenvalue weighted by Crippen LogP contribution is 2.43. The molecule has 0 aromatic heterocycles. The van der Waals surface area contributed by atoms with Crippen LogP contribution in [0, 0.1) is 0 Å². The van der Waals surface area contributed by atoms with Crippen molar-refractivity contribution in [3.63, 3.8) is 0 Å². The first-order chi connectivity index (χ1) is 11.5. The van der Waals surface area contributed by atoms with Gasteiger partial charge in [0.2, 0.25) is 10.0 Å². The first-order valence-corrected chi connectivity index (χ1v) is 9.27. The Morgan fingerprint density at radius 3 is 2.58 bits per heavy atom. The normalized spacial score (nSPS) is 20.0. The summed E-state index contributed by atoms with van der Waals surface area (Å²) >= 11 is 0. The number of carbonyl (C=O) groups excluding carboxylic acids is 1. The molecule has 1 heterocycles. The van der Waals surface area contributed by atoms with Crippen LogP contribution in [0.5, 0.6) is 5.75 Å². The van der Waals surface area contributed by atoms with Crippen molar-refractivity contribution in [2.24, 2.45) is 0 Å². The van der Waals surface area contributed by atoms with Gasteiger partial charge in [-0.05, 0) is 41.8 Å². The van der Waals surface area contributed by atoms with Gasteiger partial charge in [0.25, 0.3) is 0 Å². The zero-order valence-electron chi connectivity index (χ0n) is 13.2. The minimum absolute atomic E-state index is 0.0219. The molecular weight excluding hydrogens is 326 g/mol. The summed E-state index contributed by atoms with van der Waals surface area (Å²) in [6.45, 7) is 0.392. The highest BCUT2D eigenvalue weighted by Gasteiger charge is 2.43. The average Bonchev–Trinajstić information content (AvgIpc) is 2.93. The molecule has 0 saturated carbocycles. The van der Waals surface area contributed by atoms with E-state index in [1.807, 2.05) is 12.1 Å². The maximum absolute atomic E-state index is 13.1. The molecule has 2 aliphatic rings. The van der Waals surface area contributed by atoms with Gasteiger partial charge in [0, 0.05) is 18.5 Å². The Balaban J connectivity index is 1.76. The fourth-order valence-corrected chi connectivity index (χ4v) is 5.26. The van der Waals surface area contributed by atoms with E-state index in [4.69, 9.17) is 4.74 Å². The summed E-state index contributed by atoms with van der Waals surface area (Å²) < 4.78 is 32.7. The van der Waals surface area contributed by atoms with Gasteiger partial charge in [0.1, 0.15) is 5.75 Å². The van der Waals surface area contributed by atoms with E-state index in [2.05, 4.69) is 0 Å². The molecule has 0 fully saturated rings. The number of hydrogen-bond donors (Lipinski definition) is 0. The number of nitrogens with zero attached hydrogens (tertiary/aromatic N) is 1. The van der Waals surface area contributed by atoms with Gasteiger partial charge in [0.05, 0.1) is 18.0 Å². The molecule has 124 valence electrons. The zero-order valence-corrected chi connectivity index (χ0v) is 14.0. The van der Waals surface area contributed by atoms with Crippen LogP contribution in [0.3, 0.4) is 0 Å². The van der Waals surface area contributed by atoms with Crippen LogP contribution >= 0.6 is 0 Å². The number of Topliss-reactive ketones (excluding diaryl/α,β-unsaturated/α-hetero) is 1. The molecule has 0 bridgehead atoms. The van der Waals surface area contributed by atoms with Crippen LogP contribution < -0.4 is 4.74 Å². The van der Waals surface area contributed by atoms with E-state index < -0.39 is 10.0 Å². The van der Waals surface area contributed by atoms with E-state index in [-0.39, 0.29) is 23.1 Å². The Labute approximate surface area is 140 Å². The summed E-state index contributed by atoms with van der Waals surface area (Å²) in [4.78, 5) is 12.5. The number of methoxy groups -OCH3 is 1. The molecule has 0 amide bonds. The van der Waals surface area contributed by atoms with Crippen LogP contribution in [0.1, 0.15) is 33.9 Å². The molecule has 5 nitrogen and oxygen atoms in total. The third kappa shape index (κ3) is 2.17. The Morgan fingerprint density at radius 2 is 1.88 bits per heavy atom. The molecule has 1 aliphatic heterocycles. The lowest BCUT2D eigenvalue weighted by molar-refractivity contribution is 0.0975. The standard InChI is InChI=1S/C18H17NO4S/c1-23-13-5-7-14(8-6-13)24(21,22)19-10-9-12-3-2-4-15-17(20)11-16(19)18(12)15/h2-8,16H,9-11H2,1H3. The van der Waals surface area contributed by atoms with Gasteiger partial charge >= 0.3 is 0 Å². The number of benzene rings is 2. The van der Waals surface area contributed by atoms with Crippen molar-refractivity contribution in [2.75, 3.05) is 13.7 Å². The second-order valence-electron chi connectivity index (χ2n) is 6.06. The quantitative estimate of drug-likeness (QED) is 0.859. The van der Waals surface area contributed by atoms with Crippen LogP contribution in [0.2, 0.25) is 0 Å². The van der Waals surface area contributed by atoms with Crippen molar-refractivity contribution < 1.29 is 17.9 Å². The lowest BCUT2D eigenvalue weighted by Gasteiger charge is -2.33. The minimum atomic E-state index is -3.66. The minimum Gasteiger partial charge on any atom is -0.497 e. The zero-order chi connectivity index (χ0) is 16.9. The molecule has 0 N–H and O–H groups in total. The van der Waals surface area contributed by atoms with Crippen molar-refractivity contribution in [3.8, 4) is 5.75 Å². The Hall–Kier alpha value is -2.18. The largest absolute Gasteiger partial charge is 0.497 e. The van der Waals surface area contributed by atoms with Crippen LogP contribution in [0.4, 0.5) is 0 Å². The second-order valence-corrected chi connectivity index (χ2v) is 7.95. The molecule has 6 heteroatoms. The van der Waals surface area contributed by atoms with Crippen molar-refractivity contribution in [1.29, 1.82) is 0 Å². The third-order valence-corrected chi connectivity index (χ3v) is 6.75. The molecule has 1 atom stereocenters. The lowest BCUT2D eigenvalue weighted by Crippen LogP contribution is -2.39. The number of ketones is 1. The Kier molecular flexibility index (Phi) is 3.47. The van der Waals surface area contributed by atoms with Gasteiger partial charge in [-0.15, -0.1) is 0 Å². The number of ether oxygens (including phenoxy) is 1. The monoisotopic (exact) mass is 343 g/mol. The van der Waals surface area contributed by atoms with Crippen molar-refractivity contribution in [2.45, 2.75) is 23.8 Å². The first kappa shape index (κ1) is 15.4.